The Bertz CT molecular complexity index is 597. The zero-order valence-corrected chi connectivity index (χ0v) is 13.0. The molecule has 0 spiro atoms. The van der Waals surface area contributed by atoms with Crippen molar-refractivity contribution in [2.24, 2.45) is 5.14 Å². The molecule has 0 radical (unpaired) electrons. The summed E-state index contributed by atoms with van der Waals surface area (Å²) in [7, 11) is -3.75. The number of aliphatic carboxylic acids is 1. The van der Waals surface area contributed by atoms with Crippen LogP contribution in [0.15, 0.2) is 23.1 Å². The third-order valence-electron chi connectivity index (χ3n) is 3.25. The largest absolute Gasteiger partial charge is 0.493 e. The number of nitrogens with two attached hydrogens (primary N) is 1. The Kier molecular flexibility index (Phi) is 6.17. The van der Waals surface area contributed by atoms with E-state index in [0.717, 1.165) is 12.0 Å². The molecule has 1 unspecified atom stereocenters. The Morgan fingerprint density at radius 1 is 1.43 bits per heavy atom. The Morgan fingerprint density at radius 2 is 2.10 bits per heavy atom. The first-order valence-corrected chi connectivity index (χ1v) is 8.31. The lowest BCUT2D eigenvalue weighted by atomic mass is 9.98. The molecule has 0 fully saturated rings. The molecule has 0 saturated carbocycles. The fourth-order valence-electron chi connectivity index (χ4n) is 1.85. The molecule has 1 aromatic carbocycles. The highest BCUT2D eigenvalue weighted by Gasteiger charge is 2.16. The number of carboxylic acids is 1. The highest BCUT2D eigenvalue weighted by Crippen LogP contribution is 2.31. The lowest BCUT2D eigenvalue weighted by Crippen LogP contribution is -2.13. The molecule has 0 aliphatic rings. The summed E-state index contributed by atoms with van der Waals surface area (Å²) in [5, 5.41) is 13.7. The van der Waals surface area contributed by atoms with Gasteiger partial charge < -0.3 is 9.84 Å². The Labute approximate surface area is 125 Å². The molecule has 0 bridgehead atoms. The predicted octanol–water partition coefficient (Wildman–Crippen LogP) is 2.09. The lowest BCUT2D eigenvalue weighted by Gasteiger charge is -2.16. The summed E-state index contributed by atoms with van der Waals surface area (Å²) in [4.78, 5) is 10.5. The number of rotatable bonds is 8. The number of sulfonamides is 1. The molecule has 0 aliphatic carbocycles. The van der Waals surface area contributed by atoms with Crippen LogP contribution in [0.4, 0.5) is 0 Å². The second-order valence-electron chi connectivity index (χ2n) is 4.90. The van der Waals surface area contributed by atoms with E-state index in [9.17, 15) is 13.2 Å². The molecule has 6 nitrogen and oxygen atoms in total. The van der Waals surface area contributed by atoms with Gasteiger partial charge in [0.1, 0.15) is 5.75 Å². The summed E-state index contributed by atoms with van der Waals surface area (Å²) < 4.78 is 28.4. The van der Waals surface area contributed by atoms with Crippen molar-refractivity contribution in [3.05, 3.63) is 23.8 Å². The van der Waals surface area contributed by atoms with E-state index < -0.39 is 16.0 Å². The number of carbonyl (C=O) groups is 1. The van der Waals surface area contributed by atoms with Gasteiger partial charge in [-0.15, -0.1) is 0 Å². The first kappa shape index (κ1) is 17.5. The second kappa shape index (κ2) is 7.42. The Morgan fingerprint density at radius 3 is 2.62 bits per heavy atom. The number of ether oxygens (including phenoxy) is 1. The average Bonchev–Trinajstić information content (AvgIpc) is 2.41. The maximum atomic E-state index is 11.4. The van der Waals surface area contributed by atoms with Crippen molar-refractivity contribution in [3.8, 4) is 5.75 Å². The molecule has 0 saturated heterocycles. The monoisotopic (exact) mass is 315 g/mol. The molecular formula is C14H21NO5S. The predicted molar refractivity (Wildman–Crippen MR) is 78.9 cm³/mol. The van der Waals surface area contributed by atoms with Gasteiger partial charge >= 0.3 is 5.97 Å². The van der Waals surface area contributed by atoms with E-state index in [4.69, 9.17) is 15.0 Å². The van der Waals surface area contributed by atoms with Gasteiger partial charge in [-0.2, -0.15) is 0 Å². The summed E-state index contributed by atoms with van der Waals surface area (Å²) in [5.41, 5.74) is 0.763. The SMILES string of the molecule is CCC(C)c1cc(S(N)(=O)=O)ccc1OCCCC(=O)O. The second-order valence-corrected chi connectivity index (χ2v) is 6.46. The molecule has 1 rings (SSSR count). The molecule has 0 aliphatic heterocycles. The highest BCUT2D eigenvalue weighted by atomic mass is 32.2. The lowest BCUT2D eigenvalue weighted by molar-refractivity contribution is -0.137. The van der Waals surface area contributed by atoms with Crippen LogP contribution in [-0.4, -0.2) is 26.1 Å². The number of benzene rings is 1. The number of hydrogen-bond acceptors (Lipinski definition) is 4. The summed E-state index contributed by atoms with van der Waals surface area (Å²) in [6.07, 6.45) is 1.25. The third-order valence-corrected chi connectivity index (χ3v) is 4.16. The Hall–Kier alpha value is -1.60. The van der Waals surface area contributed by atoms with E-state index >= 15 is 0 Å². The maximum absolute atomic E-state index is 11.4. The van der Waals surface area contributed by atoms with Crippen molar-refractivity contribution in [3.63, 3.8) is 0 Å². The molecule has 118 valence electrons. The maximum Gasteiger partial charge on any atom is 0.303 e. The van der Waals surface area contributed by atoms with Gasteiger partial charge in [-0.1, -0.05) is 13.8 Å². The van der Waals surface area contributed by atoms with Gasteiger partial charge in [-0.25, -0.2) is 13.6 Å². The van der Waals surface area contributed by atoms with E-state index in [1.807, 2.05) is 13.8 Å². The van der Waals surface area contributed by atoms with Crippen molar-refractivity contribution in [1.29, 1.82) is 0 Å². The molecule has 21 heavy (non-hydrogen) atoms. The Balaban J connectivity index is 2.95. The van der Waals surface area contributed by atoms with Gasteiger partial charge in [0.15, 0.2) is 0 Å². The van der Waals surface area contributed by atoms with Crippen LogP contribution in [0, 0.1) is 0 Å². The van der Waals surface area contributed by atoms with Crippen molar-refractivity contribution in [2.75, 3.05) is 6.61 Å². The topological polar surface area (TPSA) is 107 Å². The fraction of sp³-hybridized carbons (Fsp3) is 0.500. The van der Waals surface area contributed by atoms with Gasteiger partial charge in [-0.05, 0) is 42.5 Å². The molecule has 0 heterocycles. The summed E-state index contributed by atoms with van der Waals surface area (Å²) in [5.74, 6) is -0.186. The molecule has 7 heteroatoms. The van der Waals surface area contributed by atoms with Gasteiger partial charge in [0.2, 0.25) is 10.0 Å². The number of carboxylic acid groups (broad SMARTS) is 1. The zero-order valence-electron chi connectivity index (χ0n) is 12.2. The van der Waals surface area contributed by atoms with E-state index in [-0.39, 0.29) is 23.8 Å². The minimum absolute atomic E-state index is 0.0356. The standard InChI is InChI=1S/C14H21NO5S/c1-3-10(2)12-9-11(21(15,18)19)6-7-13(12)20-8-4-5-14(16)17/h6-7,9-10H,3-5,8H2,1-2H3,(H,16,17)(H2,15,18,19). The van der Waals surface area contributed by atoms with Crippen molar-refractivity contribution in [1.82, 2.24) is 0 Å². The zero-order chi connectivity index (χ0) is 16.0. The fourth-order valence-corrected chi connectivity index (χ4v) is 2.39. The van der Waals surface area contributed by atoms with Crippen LogP contribution < -0.4 is 9.88 Å². The van der Waals surface area contributed by atoms with Crippen LogP contribution in [0.3, 0.4) is 0 Å². The molecule has 0 aromatic heterocycles. The minimum atomic E-state index is -3.75. The van der Waals surface area contributed by atoms with Crippen molar-refractivity contribution in [2.45, 2.75) is 43.9 Å². The normalized spacial score (nSPS) is 12.9. The van der Waals surface area contributed by atoms with Crippen LogP contribution in [0.5, 0.6) is 5.75 Å². The van der Waals surface area contributed by atoms with Crippen LogP contribution >= 0.6 is 0 Å². The summed E-state index contributed by atoms with van der Waals surface area (Å²) in [6, 6.07) is 4.49. The average molecular weight is 315 g/mol. The summed E-state index contributed by atoms with van der Waals surface area (Å²) >= 11 is 0. The van der Waals surface area contributed by atoms with E-state index in [1.165, 1.54) is 12.1 Å². The van der Waals surface area contributed by atoms with Crippen LogP contribution in [0.25, 0.3) is 0 Å². The smallest absolute Gasteiger partial charge is 0.303 e. The van der Waals surface area contributed by atoms with Crippen molar-refractivity contribution < 1.29 is 23.1 Å². The first-order chi connectivity index (χ1) is 9.75. The van der Waals surface area contributed by atoms with Gasteiger partial charge in [0.25, 0.3) is 0 Å². The van der Waals surface area contributed by atoms with Gasteiger partial charge in [0.05, 0.1) is 11.5 Å². The van der Waals surface area contributed by atoms with Crippen LogP contribution in [-0.2, 0) is 14.8 Å². The van der Waals surface area contributed by atoms with Crippen LogP contribution in [0.1, 0.15) is 44.6 Å². The van der Waals surface area contributed by atoms with Gasteiger partial charge in [-0.3, -0.25) is 4.79 Å². The van der Waals surface area contributed by atoms with E-state index in [2.05, 4.69) is 0 Å². The van der Waals surface area contributed by atoms with Crippen LogP contribution in [0.2, 0.25) is 0 Å². The molecule has 3 N–H and O–H groups in total. The van der Waals surface area contributed by atoms with E-state index in [0.29, 0.717) is 12.2 Å². The number of primary sulfonamides is 1. The molecule has 1 atom stereocenters. The third kappa shape index (κ3) is 5.35. The first-order valence-electron chi connectivity index (χ1n) is 6.77. The van der Waals surface area contributed by atoms with Crippen molar-refractivity contribution >= 4 is 16.0 Å². The highest BCUT2D eigenvalue weighted by molar-refractivity contribution is 7.89. The van der Waals surface area contributed by atoms with E-state index in [1.54, 1.807) is 6.07 Å². The number of hydrogen-bond donors (Lipinski definition) is 2. The quantitative estimate of drug-likeness (QED) is 0.714. The minimum Gasteiger partial charge on any atom is -0.493 e. The molecular weight excluding hydrogens is 294 g/mol. The van der Waals surface area contributed by atoms with Gasteiger partial charge in [0, 0.05) is 6.42 Å². The molecule has 1 aromatic rings. The summed E-state index contributed by atoms with van der Waals surface area (Å²) in [6.45, 7) is 4.22. The molecule has 0 amide bonds.